The molecule has 1 fully saturated rings. The van der Waals surface area contributed by atoms with Gasteiger partial charge >= 0.3 is 6.09 Å². The first-order valence-electron chi connectivity index (χ1n) is 7.83. The molecule has 0 radical (unpaired) electrons. The van der Waals surface area contributed by atoms with Gasteiger partial charge in [-0.1, -0.05) is 23.2 Å². The molecule has 3 rings (SSSR count). The molecule has 0 spiro atoms. The summed E-state index contributed by atoms with van der Waals surface area (Å²) in [5.41, 5.74) is 1.01. The number of carbonyl (C=O) groups excluding carboxylic acids is 2. The third-order valence-electron chi connectivity index (χ3n) is 3.92. The van der Waals surface area contributed by atoms with Crippen LogP contribution in [0.2, 0.25) is 10.0 Å². The molecule has 136 valence electrons. The largest absolute Gasteiger partial charge is 0.497 e. The molecule has 1 aliphatic heterocycles. The van der Waals surface area contributed by atoms with Crippen molar-refractivity contribution in [1.29, 1.82) is 0 Å². The van der Waals surface area contributed by atoms with Gasteiger partial charge in [0.1, 0.15) is 11.9 Å². The van der Waals surface area contributed by atoms with E-state index in [4.69, 9.17) is 32.7 Å². The van der Waals surface area contributed by atoms with Crippen LogP contribution in [0, 0.1) is 0 Å². The first kappa shape index (κ1) is 18.4. The summed E-state index contributed by atoms with van der Waals surface area (Å²) >= 11 is 11.8. The molecule has 0 aliphatic carbocycles. The molecule has 1 atom stereocenters. The minimum absolute atomic E-state index is 0.177. The van der Waals surface area contributed by atoms with E-state index in [-0.39, 0.29) is 17.5 Å². The second-order valence-corrected chi connectivity index (χ2v) is 6.49. The van der Waals surface area contributed by atoms with Crippen molar-refractivity contribution < 1.29 is 19.1 Å². The lowest BCUT2D eigenvalue weighted by Crippen LogP contribution is -2.34. The molecule has 0 bridgehead atoms. The summed E-state index contributed by atoms with van der Waals surface area (Å²) in [6.45, 7) is 0.510. The normalized spacial score (nSPS) is 16.3. The maximum atomic E-state index is 12.2. The third-order valence-corrected chi connectivity index (χ3v) is 4.47. The molecule has 1 aliphatic rings. The van der Waals surface area contributed by atoms with Crippen LogP contribution >= 0.6 is 23.2 Å². The summed E-state index contributed by atoms with van der Waals surface area (Å²) in [5.74, 6) is 0.343. The molecule has 0 saturated carbocycles. The maximum absolute atomic E-state index is 12.2. The van der Waals surface area contributed by atoms with Crippen molar-refractivity contribution in [3.05, 3.63) is 58.1 Å². The second kappa shape index (κ2) is 7.85. The lowest BCUT2D eigenvalue weighted by Gasteiger charge is -2.13. The molecule has 0 aromatic heterocycles. The fraction of sp³-hybridized carbons (Fsp3) is 0.222. The van der Waals surface area contributed by atoms with Crippen LogP contribution in [0.1, 0.15) is 10.4 Å². The zero-order valence-corrected chi connectivity index (χ0v) is 15.4. The zero-order valence-electron chi connectivity index (χ0n) is 13.9. The van der Waals surface area contributed by atoms with Crippen molar-refractivity contribution in [3.63, 3.8) is 0 Å². The Bertz CT molecular complexity index is 826. The number of cyclic esters (lactones) is 1. The lowest BCUT2D eigenvalue weighted by atomic mass is 10.2. The quantitative estimate of drug-likeness (QED) is 0.837. The van der Waals surface area contributed by atoms with E-state index in [1.54, 1.807) is 43.5 Å². The summed E-state index contributed by atoms with van der Waals surface area (Å²) < 4.78 is 10.4. The molecule has 8 heteroatoms. The molecule has 2 aromatic rings. The predicted molar refractivity (Wildman–Crippen MR) is 99.4 cm³/mol. The highest BCUT2D eigenvalue weighted by molar-refractivity contribution is 6.36. The number of ether oxygens (including phenoxy) is 2. The van der Waals surface area contributed by atoms with Crippen molar-refractivity contribution in [2.75, 3.05) is 25.1 Å². The van der Waals surface area contributed by atoms with Gasteiger partial charge in [0.2, 0.25) is 0 Å². The van der Waals surface area contributed by atoms with Crippen LogP contribution in [0.5, 0.6) is 5.75 Å². The van der Waals surface area contributed by atoms with E-state index in [0.29, 0.717) is 28.6 Å². The van der Waals surface area contributed by atoms with Gasteiger partial charge in [-0.05, 0) is 42.5 Å². The van der Waals surface area contributed by atoms with E-state index < -0.39 is 12.2 Å². The number of hydrogen-bond acceptors (Lipinski definition) is 4. The number of halogens is 2. The van der Waals surface area contributed by atoms with E-state index in [1.165, 1.54) is 11.0 Å². The van der Waals surface area contributed by atoms with Crippen LogP contribution in [0.25, 0.3) is 0 Å². The molecule has 1 N–H and O–H groups in total. The predicted octanol–water partition coefficient (Wildman–Crippen LogP) is 3.76. The summed E-state index contributed by atoms with van der Waals surface area (Å²) in [4.78, 5) is 25.8. The minimum Gasteiger partial charge on any atom is -0.497 e. The van der Waals surface area contributed by atoms with Crippen LogP contribution < -0.4 is 15.0 Å². The zero-order chi connectivity index (χ0) is 18.7. The highest BCUT2D eigenvalue weighted by Gasteiger charge is 2.32. The third kappa shape index (κ3) is 4.03. The summed E-state index contributed by atoms with van der Waals surface area (Å²) in [6.07, 6.45) is -0.918. The van der Waals surface area contributed by atoms with Gasteiger partial charge in [-0.15, -0.1) is 0 Å². The maximum Gasteiger partial charge on any atom is 0.414 e. The van der Waals surface area contributed by atoms with Crippen LogP contribution in [-0.2, 0) is 4.74 Å². The first-order chi connectivity index (χ1) is 12.5. The minimum atomic E-state index is -0.459. The van der Waals surface area contributed by atoms with Gasteiger partial charge in [-0.25, -0.2) is 4.79 Å². The summed E-state index contributed by atoms with van der Waals surface area (Å²) in [5, 5.41) is 3.43. The van der Waals surface area contributed by atoms with Crippen molar-refractivity contribution in [2.45, 2.75) is 6.10 Å². The monoisotopic (exact) mass is 394 g/mol. The number of hydrogen-bond donors (Lipinski definition) is 1. The number of anilines is 1. The highest BCUT2D eigenvalue weighted by Crippen LogP contribution is 2.24. The van der Waals surface area contributed by atoms with Gasteiger partial charge < -0.3 is 14.8 Å². The molecule has 2 amide bonds. The fourth-order valence-electron chi connectivity index (χ4n) is 2.58. The number of rotatable bonds is 5. The molecular formula is C18H16Cl2N2O4. The Hall–Kier alpha value is -2.44. The fourth-order valence-corrected chi connectivity index (χ4v) is 3.07. The van der Waals surface area contributed by atoms with Crippen LogP contribution in [0.4, 0.5) is 10.5 Å². The summed E-state index contributed by atoms with van der Waals surface area (Å²) in [7, 11) is 1.57. The van der Waals surface area contributed by atoms with Crippen molar-refractivity contribution in [1.82, 2.24) is 5.32 Å². The molecule has 6 nitrogen and oxygen atoms in total. The number of methoxy groups -OCH3 is 1. The Balaban J connectivity index is 1.59. The molecule has 1 heterocycles. The highest BCUT2D eigenvalue weighted by atomic mass is 35.5. The Morgan fingerprint density at radius 3 is 2.65 bits per heavy atom. The average molecular weight is 395 g/mol. The van der Waals surface area contributed by atoms with Crippen LogP contribution in [-0.4, -0.2) is 38.3 Å². The molecule has 2 aromatic carbocycles. The number of benzene rings is 2. The van der Waals surface area contributed by atoms with E-state index >= 15 is 0 Å². The van der Waals surface area contributed by atoms with Gasteiger partial charge in [0.05, 0.1) is 30.8 Å². The first-order valence-corrected chi connectivity index (χ1v) is 8.59. The van der Waals surface area contributed by atoms with Crippen molar-refractivity contribution >= 4 is 40.9 Å². The lowest BCUT2D eigenvalue weighted by molar-refractivity contribution is 0.0916. The van der Waals surface area contributed by atoms with Gasteiger partial charge in [-0.2, -0.15) is 0 Å². The van der Waals surface area contributed by atoms with E-state index in [0.717, 1.165) is 0 Å². The van der Waals surface area contributed by atoms with Gasteiger partial charge in [0.25, 0.3) is 5.91 Å². The van der Waals surface area contributed by atoms with E-state index in [2.05, 4.69) is 5.32 Å². The Morgan fingerprint density at radius 2 is 2.00 bits per heavy atom. The van der Waals surface area contributed by atoms with Crippen LogP contribution in [0.15, 0.2) is 42.5 Å². The topological polar surface area (TPSA) is 67.9 Å². The molecule has 1 unspecified atom stereocenters. The van der Waals surface area contributed by atoms with Crippen LogP contribution in [0.3, 0.4) is 0 Å². The van der Waals surface area contributed by atoms with Gasteiger partial charge in [0, 0.05) is 10.7 Å². The smallest absolute Gasteiger partial charge is 0.414 e. The summed E-state index contributed by atoms with van der Waals surface area (Å²) in [6, 6.07) is 11.7. The Kier molecular flexibility index (Phi) is 5.54. The molecule has 26 heavy (non-hydrogen) atoms. The van der Waals surface area contributed by atoms with E-state index in [9.17, 15) is 9.59 Å². The van der Waals surface area contributed by atoms with Crippen molar-refractivity contribution in [2.24, 2.45) is 0 Å². The van der Waals surface area contributed by atoms with E-state index in [1.807, 2.05) is 0 Å². The molecule has 1 saturated heterocycles. The van der Waals surface area contributed by atoms with Crippen molar-refractivity contribution in [3.8, 4) is 5.75 Å². The number of carbonyl (C=O) groups is 2. The SMILES string of the molecule is COc1ccc(N2CC(CNC(=O)c3ccc(Cl)cc3Cl)OC2=O)cc1. The molecular weight excluding hydrogens is 379 g/mol. The average Bonchev–Trinajstić information content (AvgIpc) is 3.00. The Labute approximate surface area is 160 Å². The van der Waals surface area contributed by atoms with Gasteiger partial charge in [0.15, 0.2) is 0 Å². The second-order valence-electron chi connectivity index (χ2n) is 5.65. The standard InChI is InChI=1S/C18H16Cl2N2O4/c1-25-13-5-3-12(4-6-13)22-10-14(26-18(22)24)9-21-17(23)15-7-2-11(19)8-16(15)20/h2-8,14H,9-10H2,1H3,(H,21,23). The Morgan fingerprint density at radius 1 is 1.27 bits per heavy atom. The number of nitrogens with one attached hydrogen (secondary N) is 1. The number of nitrogens with zero attached hydrogens (tertiary/aromatic N) is 1. The van der Waals surface area contributed by atoms with Gasteiger partial charge in [-0.3, -0.25) is 9.69 Å². The number of amides is 2.